The lowest BCUT2D eigenvalue weighted by Gasteiger charge is -2.09. The smallest absolute Gasteiger partial charge is 0.269 e. The van der Waals surface area contributed by atoms with E-state index < -0.39 is 4.92 Å². The van der Waals surface area contributed by atoms with Crippen LogP contribution in [0.3, 0.4) is 0 Å². The summed E-state index contributed by atoms with van der Waals surface area (Å²) in [6, 6.07) is 10.4. The first-order valence-electron chi connectivity index (χ1n) is 5.66. The van der Waals surface area contributed by atoms with Crippen molar-refractivity contribution in [3.05, 3.63) is 62.4 Å². The fourth-order valence-electron chi connectivity index (χ4n) is 1.69. The van der Waals surface area contributed by atoms with Gasteiger partial charge in [-0.3, -0.25) is 10.1 Å². The number of nitrogens with one attached hydrogen (secondary N) is 1. The zero-order chi connectivity index (χ0) is 13.8. The minimum absolute atomic E-state index is 0.101. The summed E-state index contributed by atoms with van der Waals surface area (Å²) in [4.78, 5) is 14.6. The molecular weight excluding hydrogens is 310 g/mol. The Morgan fingerprint density at radius 3 is 2.79 bits per heavy atom. The summed E-state index contributed by atoms with van der Waals surface area (Å²) in [5.74, 6) is 0. The molecule has 0 radical (unpaired) electrons. The van der Waals surface area contributed by atoms with E-state index in [1.807, 2.05) is 25.1 Å². The summed E-state index contributed by atoms with van der Waals surface area (Å²) >= 11 is 3.31. The highest BCUT2D eigenvalue weighted by Crippen LogP contribution is 2.21. The minimum Gasteiger partial charge on any atom is -0.379 e. The molecule has 0 saturated carbocycles. The first-order valence-corrected chi connectivity index (χ1v) is 6.46. The number of halogens is 1. The molecule has 0 fully saturated rings. The summed E-state index contributed by atoms with van der Waals surface area (Å²) in [6.07, 6.45) is 0. The molecule has 0 amide bonds. The van der Waals surface area contributed by atoms with Crippen molar-refractivity contribution in [1.82, 2.24) is 4.98 Å². The lowest BCUT2D eigenvalue weighted by molar-refractivity contribution is -0.384. The van der Waals surface area contributed by atoms with E-state index in [0.29, 0.717) is 6.54 Å². The quantitative estimate of drug-likeness (QED) is 0.530. The molecule has 1 aromatic heterocycles. The van der Waals surface area contributed by atoms with Gasteiger partial charge in [-0.1, -0.05) is 6.07 Å². The van der Waals surface area contributed by atoms with E-state index in [9.17, 15) is 10.1 Å². The molecule has 0 bridgehead atoms. The Balaban J connectivity index is 2.10. The highest BCUT2D eigenvalue weighted by molar-refractivity contribution is 9.10. The maximum atomic E-state index is 10.7. The zero-order valence-corrected chi connectivity index (χ0v) is 11.8. The summed E-state index contributed by atoms with van der Waals surface area (Å²) in [6.45, 7) is 2.40. The van der Waals surface area contributed by atoms with Gasteiger partial charge in [0.25, 0.3) is 5.69 Å². The Bertz CT molecular complexity index is 617. The molecule has 2 aromatic rings. The lowest BCUT2D eigenvalue weighted by Crippen LogP contribution is -2.03. The van der Waals surface area contributed by atoms with Crippen LogP contribution in [0.5, 0.6) is 0 Å². The molecule has 0 aliphatic carbocycles. The molecule has 1 aromatic carbocycles. The van der Waals surface area contributed by atoms with Crippen molar-refractivity contribution in [3.63, 3.8) is 0 Å². The van der Waals surface area contributed by atoms with Gasteiger partial charge >= 0.3 is 0 Å². The number of hydrogen-bond acceptors (Lipinski definition) is 4. The number of pyridine rings is 1. The molecular formula is C13H12BrN3O2. The Morgan fingerprint density at radius 1 is 1.37 bits per heavy atom. The van der Waals surface area contributed by atoms with Crippen LogP contribution in [0.25, 0.3) is 0 Å². The minimum atomic E-state index is -0.396. The number of hydrogen-bond donors (Lipinski definition) is 1. The van der Waals surface area contributed by atoms with Gasteiger partial charge < -0.3 is 5.32 Å². The molecule has 0 atom stereocenters. The van der Waals surface area contributed by atoms with E-state index in [1.165, 1.54) is 6.07 Å². The Labute approximate surface area is 119 Å². The topological polar surface area (TPSA) is 68.1 Å². The molecule has 5 nitrogen and oxygen atoms in total. The van der Waals surface area contributed by atoms with Crippen LogP contribution < -0.4 is 5.32 Å². The van der Waals surface area contributed by atoms with Crippen LogP contribution in [0.4, 0.5) is 11.4 Å². The average molecular weight is 322 g/mol. The van der Waals surface area contributed by atoms with Gasteiger partial charge in [0.05, 0.1) is 17.2 Å². The maximum absolute atomic E-state index is 10.7. The first-order chi connectivity index (χ1) is 9.06. The molecule has 98 valence electrons. The van der Waals surface area contributed by atoms with Crippen molar-refractivity contribution in [2.24, 2.45) is 0 Å². The summed E-state index contributed by atoms with van der Waals surface area (Å²) in [7, 11) is 0. The van der Waals surface area contributed by atoms with Gasteiger partial charge in [0.1, 0.15) is 4.60 Å². The van der Waals surface area contributed by atoms with Crippen molar-refractivity contribution in [1.29, 1.82) is 0 Å². The van der Waals surface area contributed by atoms with E-state index in [2.05, 4.69) is 26.2 Å². The predicted octanol–water partition coefficient (Wildman–Crippen LogP) is 3.67. The number of aryl methyl sites for hydroxylation is 1. The molecule has 6 heteroatoms. The fraction of sp³-hybridized carbons (Fsp3) is 0.154. The lowest BCUT2D eigenvalue weighted by atomic mass is 10.2. The van der Waals surface area contributed by atoms with Gasteiger partial charge in [-0.15, -0.1) is 0 Å². The number of nitro groups is 1. The van der Waals surface area contributed by atoms with Crippen LogP contribution in [0.15, 0.2) is 41.0 Å². The summed E-state index contributed by atoms with van der Waals surface area (Å²) < 4.78 is 0.784. The standard InChI is InChI=1S/C13H12BrN3O2/c1-9-7-11(17(18)19)5-6-12(9)15-8-10-3-2-4-13(14)16-10/h2-7,15H,8H2,1H3. The maximum Gasteiger partial charge on any atom is 0.269 e. The van der Waals surface area contributed by atoms with E-state index in [0.717, 1.165) is 21.5 Å². The molecule has 0 saturated heterocycles. The second kappa shape index (κ2) is 5.79. The van der Waals surface area contributed by atoms with Gasteiger partial charge in [0.15, 0.2) is 0 Å². The van der Waals surface area contributed by atoms with Crippen molar-refractivity contribution in [2.75, 3.05) is 5.32 Å². The number of benzene rings is 1. The van der Waals surface area contributed by atoms with E-state index in [4.69, 9.17) is 0 Å². The van der Waals surface area contributed by atoms with Crippen molar-refractivity contribution in [2.45, 2.75) is 13.5 Å². The van der Waals surface area contributed by atoms with Crippen LogP contribution in [0.2, 0.25) is 0 Å². The third-order valence-electron chi connectivity index (χ3n) is 2.65. The zero-order valence-electron chi connectivity index (χ0n) is 10.3. The molecule has 1 heterocycles. The van der Waals surface area contributed by atoms with Crippen molar-refractivity contribution < 1.29 is 4.92 Å². The third kappa shape index (κ3) is 3.51. The number of nitrogens with zero attached hydrogens (tertiary/aromatic N) is 2. The first kappa shape index (κ1) is 13.5. The Hall–Kier alpha value is -1.95. The fourth-order valence-corrected chi connectivity index (χ4v) is 2.07. The summed E-state index contributed by atoms with van der Waals surface area (Å²) in [5.41, 5.74) is 2.70. The molecule has 19 heavy (non-hydrogen) atoms. The molecule has 0 unspecified atom stereocenters. The van der Waals surface area contributed by atoms with Crippen LogP contribution in [-0.2, 0) is 6.54 Å². The summed E-state index contributed by atoms with van der Waals surface area (Å²) in [5, 5.41) is 13.9. The van der Waals surface area contributed by atoms with E-state index >= 15 is 0 Å². The average Bonchev–Trinajstić information content (AvgIpc) is 2.37. The molecule has 0 aliphatic rings. The highest BCUT2D eigenvalue weighted by Gasteiger charge is 2.07. The molecule has 0 aliphatic heterocycles. The number of rotatable bonds is 4. The Morgan fingerprint density at radius 2 is 2.16 bits per heavy atom. The van der Waals surface area contributed by atoms with Gasteiger partial charge in [-0.05, 0) is 46.6 Å². The third-order valence-corrected chi connectivity index (χ3v) is 3.10. The number of anilines is 1. The highest BCUT2D eigenvalue weighted by atomic mass is 79.9. The monoisotopic (exact) mass is 321 g/mol. The van der Waals surface area contributed by atoms with Gasteiger partial charge in [-0.25, -0.2) is 4.98 Å². The SMILES string of the molecule is Cc1cc([N+](=O)[O-])ccc1NCc1cccc(Br)n1. The van der Waals surface area contributed by atoms with Crippen LogP contribution >= 0.6 is 15.9 Å². The molecule has 0 spiro atoms. The molecule has 2 rings (SSSR count). The van der Waals surface area contributed by atoms with Gasteiger partial charge in [0.2, 0.25) is 0 Å². The van der Waals surface area contributed by atoms with Crippen LogP contribution in [0.1, 0.15) is 11.3 Å². The Kier molecular flexibility index (Phi) is 4.11. The van der Waals surface area contributed by atoms with Gasteiger partial charge in [-0.2, -0.15) is 0 Å². The van der Waals surface area contributed by atoms with Crippen LogP contribution in [0, 0.1) is 17.0 Å². The largest absolute Gasteiger partial charge is 0.379 e. The van der Waals surface area contributed by atoms with Gasteiger partial charge in [0, 0.05) is 17.8 Å². The second-order valence-electron chi connectivity index (χ2n) is 4.06. The van der Waals surface area contributed by atoms with E-state index in [1.54, 1.807) is 12.1 Å². The van der Waals surface area contributed by atoms with Crippen molar-refractivity contribution >= 4 is 27.3 Å². The van der Waals surface area contributed by atoms with Crippen LogP contribution in [-0.4, -0.2) is 9.91 Å². The number of aromatic nitrogens is 1. The normalized spacial score (nSPS) is 10.2. The second-order valence-corrected chi connectivity index (χ2v) is 4.87. The predicted molar refractivity (Wildman–Crippen MR) is 77.1 cm³/mol. The molecule has 1 N–H and O–H groups in total. The van der Waals surface area contributed by atoms with Crippen molar-refractivity contribution in [3.8, 4) is 0 Å². The number of non-ortho nitro benzene ring substituents is 1. The van der Waals surface area contributed by atoms with E-state index in [-0.39, 0.29) is 5.69 Å². The number of nitro benzene ring substituents is 1.